The molecule has 0 aromatic heterocycles. The number of hydrogen-bond acceptors (Lipinski definition) is 4. The maximum absolute atomic E-state index is 3.57. The van der Waals surface area contributed by atoms with Gasteiger partial charge < -0.3 is 10.2 Å². The van der Waals surface area contributed by atoms with Crippen molar-refractivity contribution in [2.75, 3.05) is 46.3 Å². The van der Waals surface area contributed by atoms with Crippen molar-refractivity contribution in [2.24, 2.45) is 0 Å². The average molecular weight is 212 g/mol. The van der Waals surface area contributed by atoms with E-state index in [0.29, 0.717) is 6.04 Å². The van der Waals surface area contributed by atoms with Crippen molar-refractivity contribution in [3.05, 3.63) is 0 Å². The van der Waals surface area contributed by atoms with E-state index in [1.54, 1.807) is 0 Å². The lowest BCUT2D eigenvalue weighted by molar-refractivity contribution is 0.0985. The second kappa shape index (κ2) is 5.80. The molecule has 88 valence electrons. The third-order valence-corrected chi connectivity index (χ3v) is 3.48. The van der Waals surface area contributed by atoms with Gasteiger partial charge in [0, 0.05) is 38.8 Å². The van der Waals surface area contributed by atoms with Crippen LogP contribution in [0.3, 0.4) is 0 Å². The molecule has 2 N–H and O–H groups in total. The van der Waals surface area contributed by atoms with Crippen LogP contribution in [0.1, 0.15) is 19.3 Å². The summed E-state index contributed by atoms with van der Waals surface area (Å²) >= 11 is 0. The maximum Gasteiger partial charge on any atom is 0.0259 e. The van der Waals surface area contributed by atoms with Crippen LogP contribution >= 0.6 is 0 Å². The number of rotatable bonds is 3. The molecule has 0 radical (unpaired) electrons. The molecule has 0 aliphatic carbocycles. The molecule has 2 rings (SSSR count). The Balaban J connectivity index is 1.60. The number of hydrogen-bond donors (Lipinski definition) is 2. The fraction of sp³-hybridized carbons (Fsp3) is 1.00. The first kappa shape index (κ1) is 11.3. The fourth-order valence-corrected chi connectivity index (χ4v) is 2.30. The van der Waals surface area contributed by atoms with Gasteiger partial charge >= 0.3 is 0 Å². The molecule has 0 saturated carbocycles. The summed E-state index contributed by atoms with van der Waals surface area (Å²) in [5.74, 6) is 0. The minimum atomic E-state index is 0.693. The van der Waals surface area contributed by atoms with E-state index in [0.717, 1.165) is 19.6 Å². The van der Waals surface area contributed by atoms with Gasteiger partial charge in [0.25, 0.3) is 0 Å². The van der Waals surface area contributed by atoms with Crippen LogP contribution in [0.25, 0.3) is 0 Å². The van der Waals surface area contributed by atoms with Gasteiger partial charge in [-0.2, -0.15) is 0 Å². The molecule has 4 nitrogen and oxygen atoms in total. The molecular weight excluding hydrogens is 188 g/mol. The summed E-state index contributed by atoms with van der Waals surface area (Å²) < 4.78 is 0. The Morgan fingerprint density at radius 2 is 2.00 bits per heavy atom. The number of nitrogens with one attached hydrogen (secondary N) is 2. The van der Waals surface area contributed by atoms with Gasteiger partial charge in [-0.1, -0.05) is 6.42 Å². The van der Waals surface area contributed by atoms with Crippen LogP contribution in [0.2, 0.25) is 0 Å². The van der Waals surface area contributed by atoms with Gasteiger partial charge in [-0.25, -0.2) is 5.01 Å². The highest BCUT2D eigenvalue weighted by Gasteiger charge is 2.16. The Bertz CT molecular complexity index is 171. The molecule has 0 aromatic rings. The van der Waals surface area contributed by atoms with E-state index in [9.17, 15) is 0 Å². The van der Waals surface area contributed by atoms with Crippen molar-refractivity contribution in [3.8, 4) is 0 Å². The number of likely N-dealkylation sites (N-methyl/N-ethyl adjacent to an activating group) is 1. The van der Waals surface area contributed by atoms with Crippen LogP contribution in [-0.4, -0.2) is 62.3 Å². The van der Waals surface area contributed by atoms with Crippen LogP contribution in [0.5, 0.6) is 0 Å². The molecule has 0 aromatic carbocycles. The minimum absolute atomic E-state index is 0.693. The predicted molar refractivity (Wildman–Crippen MR) is 62.7 cm³/mol. The smallest absolute Gasteiger partial charge is 0.0259 e. The third-order valence-electron chi connectivity index (χ3n) is 3.48. The number of piperidine rings is 1. The van der Waals surface area contributed by atoms with Crippen LogP contribution in [0.4, 0.5) is 0 Å². The zero-order chi connectivity index (χ0) is 10.5. The van der Waals surface area contributed by atoms with Crippen LogP contribution in [0.15, 0.2) is 0 Å². The second-order valence-electron chi connectivity index (χ2n) is 4.80. The highest BCUT2D eigenvalue weighted by molar-refractivity contribution is 4.75. The Kier molecular flexibility index (Phi) is 4.38. The molecule has 1 unspecified atom stereocenters. The third kappa shape index (κ3) is 3.72. The van der Waals surface area contributed by atoms with Crippen LogP contribution < -0.4 is 10.7 Å². The van der Waals surface area contributed by atoms with Gasteiger partial charge in [0.2, 0.25) is 0 Å². The summed E-state index contributed by atoms with van der Waals surface area (Å²) in [5, 5.41) is 5.94. The van der Waals surface area contributed by atoms with Crippen molar-refractivity contribution in [1.82, 2.24) is 20.7 Å². The zero-order valence-electron chi connectivity index (χ0n) is 9.84. The molecule has 2 saturated heterocycles. The van der Waals surface area contributed by atoms with E-state index in [1.807, 2.05) is 0 Å². The highest BCUT2D eigenvalue weighted by atomic mass is 15.5. The number of hydrazine groups is 1. The quantitative estimate of drug-likeness (QED) is 0.683. The topological polar surface area (TPSA) is 30.5 Å². The molecule has 15 heavy (non-hydrogen) atoms. The lowest BCUT2D eigenvalue weighted by Gasteiger charge is -2.34. The maximum atomic E-state index is 3.57. The molecule has 4 heteroatoms. The molecule has 0 bridgehead atoms. The SMILES string of the molecule is CN1CCN(NCC2CCCCN2)CC1. The molecule has 2 heterocycles. The summed E-state index contributed by atoms with van der Waals surface area (Å²) in [6, 6.07) is 0.693. The van der Waals surface area contributed by atoms with E-state index in [4.69, 9.17) is 0 Å². The van der Waals surface area contributed by atoms with Gasteiger partial charge in [-0.05, 0) is 26.4 Å². The molecule has 1 atom stereocenters. The van der Waals surface area contributed by atoms with E-state index >= 15 is 0 Å². The summed E-state index contributed by atoms with van der Waals surface area (Å²) in [6.07, 6.45) is 4.08. The van der Waals surface area contributed by atoms with Crippen molar-refractivity contribution in [2.45, 2.75) is 25.3 Å². The lowest BCUT2D eigenvalue weighted by Crippen LogP contribution is -2.54. The van der Waals surface area contributed by atoms with Crippen LogP contribution in [0, 0.1) is 0 Å². The van der Waals surface area contributed by atoms with Gasteiger partial charge in [0.1, 0.15) is 0 Å². The van der Waals surface area contributed by atoms with Gasteiger partial charge in [-0.3, -0.25) is 5.43 Å². The predicted octanol–water partition coefficient (Wildman–Crippen LogP) is -0.119. The van der Waals surface area contributed by atoms with E-state index in [-0.39, 0.29) is 0 Å². The van der Waals surface area contributed by atoms with Crippen molar-refractivity contribution < 1.29 is 0 Å². The molecule has 0 spiro atoms. The summed E-state index contributed by atoms with van der Waals surface area (Å²) in [6.45, 7) is 6.99. The normalized spacial score (nSPS) is 30.6. The Morgan fingerprint density at radius 3 is 2.67 bits per heavy atom. The van der Waals surface area contributed by atoms with Crippen molar-refractivity contribution >= 4 is 0 Å². The molecular formula is C11H24N4. The summed E-state index contributed by atoms with van der Waals surface area (Å²) in [4.78, 5) is 2.39. The monoisotopic (exact) mass is 212 g/mol. The molecule has 2 aliphatic rings. The van der Waals surface area contributed by atoms with Crippen molar-refractivity contribution in [1.29, 1.82) is 0 Å². The largest absolute Gasteiger partial charge is 0.313 e. The average Bonchev–Trinajstić information content (AvgIpc) is 2.30. The number of piperazine rings is 1. The van der Waals surface area contributed by atoms with Gasteiger partial charge in [0.05, 0.1) is 0 Å². The Morgan fingerprint density at radius 1 is 1.20 bits per heavy atom. The van der Waals surface area contributed by atoms with E-state index in [1.165, 1.54) is 38.9 Å². The molecule has 0 amide bonds. The first-order valence-corrected chi connectivity index (χ1v) is 6.25. The minimum Gasteiger partial charge on any atom is -0.313 e. The number of nitrogens with zero attached hydrogens (tertiary/aromatic N) is 2. The molecule has 2 fully saturated rings. The first-order valence-electron chi connectivity index (χ1n) is 6.25. The Hall–Kier alpha value is -0.160. The van der Waals surface area contributed by atoms with Gasteiger partial charge in [0.15, 0.2) is 0 Å². The lowest BCUT2D eigenvalue weighted by atomic mass is 10.1. The van der Waals surface area contributed by atoms with E-state index in [2.05, 4.69) is 27.7 Å². The van der Waals surface area contributed by atoms with Crippen LogP contribution in [-0.2, 0) is 0 Å². The first-order chi connectivity index (χ1) is 7.34. The summed E-state index contributed by atoms with van der Waals surface area (Å²) in [7, 11) is 2.19. The zero-order valence-corrected chi connectivity index (χ0v) is 9.84. The van der Waals surface area contributed by atoms with Crippen molar-refractivity contribution in [3.63, 3.8) is 0 Å². The van der Waals surface area contributed by atoms with Gasteiger partial charge in [-0.15, -0.1) is 0 Å². The van der Waals surface area contributed by atoms with E-state index < -0.39 is 0 Å². The standard InChI is InChI=1S/C11H24N4/c1-14-6-8-15(9-7-14)13-10-11-4-2-3-5-12-11/h11-13H,2-10H2,1H3. The second-order valence-corrected chi connectivity index (χ2v) is 4.80. The molecule has 2 aliphatic heterocycles. The Labute approximate surface area is 93.0 Å². The fourth-order valence-electron chi connectivity index (χ4n) is 2.30. The summed E-state index contributed by atoms with van der Waals surface area (Å²) in [5.41, 5.74) is 3.56. The highest BCUT2D eigenvalue weighted by Crippen LogP contribution is 2.06.